The van der Waals surface area contributed by atoms with E-state index in [9.17, 15) is 4.79 Å². The molecule has 0 N–H and O–H groups in total. The number of hydrogen-bond acceptors (Lipinski definition) is 3. The molecule has 0 unspecified atom stereocenters. The van der Waals surface area contributed by atoms with Gasteiger partial charge in [0.05, 0.1) is 5.25 Å². The van der Waals surface area contributed by atoms with Crippen molar-refractivity contribution < 1.29 is 4.79 Å². The molecule has 1 heterocycles. The van der Waals surface area contributed by atoms with E-state index in [1.54, 1.807) is 25.2 Å². The molecule has 0 aliphatic rings. The molecule has 0 saturated heterocycles. The summed E-state index contributed by atoms with van der Waals surface area (Å²) in [6.45, 7) is 2.68. The summed E-state index contributed by atoms with van der Waals surface area (Å²) in [6, 6.07) is 10.2. The minimum atomic E-state index is -0.137. The third-order valence-corrected chi connectivity index (χ3v) is 4.05. The molecule has 1 amide bonds. The Labute approximate surface area is 123 Å². The molecule has 1 aromatic heterocycles. The summed E-state index contributed by atoms with van der Waals surface area (Å²) in [5.41, 5.74) is 1.22. The van der Waals surface area contributed by atoms with Gasteiger partial charge < -0.3 is 9.47 Å². The first-order valence-electron chi connectivity index (χ1n) is 6.51. The number of benzene rings is 1. The first-order valence-corrected chi connectivity index (χ1v) is 7.39. The van der Waals surface area contributed by atoms with E-state index in [-0.39, 0.29) is 11.2 Å². The van der Waals surface area contributed by atoms with E-state index in [0.717, 1.165) is 11.7 Å². The van der Waals surface area contributed by atoms with E-state index < -0.39 is 0 Å². The molecule has 2 rings (SSSR count). The van der Waals surface area contributed by atoms with Crippen molar-refractivity contribution in [3.63, 3.8) is 0 Å². The zero-order valence-electron chi connectivity index (χ0n) is 12.0. The second-order valence-corrected chi connectivity index (χ2v) is 6.12. The zero-order chi connectivity index (χ0) is 14.5. The number of thioether (sulfide) groups is 1. The summed E-state index contributed by atoms with van der Waals surface area (Å²) in [6.07, 6.45) is 3.72. The molecule has 5 heteroatoms. The van der Waals surface area contributed by atoms with Crippen LogP contribution in [0, 0.1) is 0 Å². The largest absolute Gasteiger partial charge is 0.348 e. The highest BCUT2D eigenvalue weighted by atomic mass is 32.2. The number of rotatable bonds is 5. The van der Waals surface area contributed by atoms with Gasteiger partial charge in [0.25, 0.3) is 0 Å². The van der Waals surface area contributed by atoms with Gasteiger partial charge in [0.15, 0.2) is 5.16 Å². The van der Waals surface area contributed by atoms with Crippen molar-refractivity contribution in [1.29, 1.82) is 0 Å². The van der Waals surface area contributed by atoms with Gasteiger partial charge in [0.2, 0.25) is 5.91 Å². The predicted octanol–water partition coefficient (Wildman–Crippen LogP) is 2.50. The van der Waals surface area contributed by atoms with Gasteiger partial charge in [-0.05, 0) is 12.5 Å². The maximum atomic E-state index is 11.9. The van der Waals surface area contributed by atoms with Crippen LogP contribution in [-0.2, 0) is 11.3 Å². The molecule has 4 nitrogen and oxygen atoms in total. The van der Waals surface area contributed by atoms with Crippen molar-refractivity contribution in [3.05, 3.63) is 48.3 Å². The van der Waals surface area contributed by atoms with Crippen LogP contribution >= 0.6 is 11.8 Å². The van der Waals surface area contributed by atoms with Crippen LogP contribution in [0.15, 0.2) is 47.9 Å². The SMILES string of the molecule is C[C@H](Sc1nccn1Cc1ccccc1)C(=O)N(C)C. The number of carbonyl (C=O) groups excluding carboxylic acids is 1. The number of hydrogen-bond donors (Lipinski definition) is 0. The highest BCUT2D eigenvalue weighted by Crippen LogP contribution is 2.23. The Morgan fingerprint density at radius 2 is 2.05 bits per heavy atom. The molecule has 20 heavy (non-hydrogen) atoms. The summed E-state index contributed by atoms with van der Waals surface area (Å²) in [4.78, 5) is 17.9. The van der Waals surface area contributed by atoms with Gasteiger partial charge in [-0.3, -0.25) is 4.79 Å². The lowest BCUT2D eigenvalue weighted by atomic mass is 10.2. The van der Waals surface area contributed by atoms with Gasteiger partial charge in [-0.15, -0.1) is 0 Å². The van der Waals surface area contributed by atoms with E-state index in [4.69, 9.17) is 0 Å². The van der Waals surface area contributed by atoms with Crippen molar-refractivity contribution in [2.24, 2.45) is 0 Å². The smallest absolute Gasteiger partial charge is 0.235 e. The summed E-state index contributed by atoms with van der Waals surface area (Å²) < 4.78 is 2.07. The highest BCUT2D eigenvalue weighted by molar-refractivity contribution is 8.00. The predicted molar refractivity (Wildman–Crippen MR) is 81.8 cm³/mol. The monoisotopic (exact) mass is 289 g/mol. The van der Waals surface area contributed by atoms with Crippen LogP contribution in [0.3, 0.4) is 0 Å². The molecule has 0 radical (unpaired) electrons. The van der Waals surface area contributed by atoms with Crippen LogP contribution in [0.25, 0.3) is 0 Å². The fourth-order valence-corrected chi connectivity index (χ4v) is 2.90. The number of amides is 1. The Morgan fingerprint density at radius 1 is 1.35 bits per heavy atom. The molecule has 2 aromatic rings. The quantitative estimate of drug-likeness (QED) is 0.794. The summed E-state index contributed by atoms with van der Waals surface area (Å²) in [7, 11) is 3.55. The van der Waals surface area contributed by atoms with E-state index in [0.29, 0.717) is 0 Å². The van der Waals surface area contributed by atoms with Gasteiger partial charge in [-0.1, -0.05) is 42.1 Å². The number of carbonyl (C=O) groups is 1. The third-order valence-electron chi connectivity index (χ3n) is 2.94. The fraction of sp³-hybridized carbons (Fsp3) is 0.333. The third kappa shape index (κ3) is 3.63. The summed E-state index contributed by atoms with van der Waals surface area (Å²) in [5.74, 6) is 0.101. The van der Waals surface area contributed by atoms with E-state index >= 15 is 0 Å². The van der Waals surface area contributed by atoms with Gasteiger partial charge in [0.1, 0.15) is 0 Å². The van der Waals surface area contributed by atoms with Crippen molar-refractivity contribution in [2.45, 2.75) is 23.9 Å². The first kappa shape index (κ1) is 14.7. The Hall–Kier alpha value is -1.75. The maximum absolute atomic E-state index is 11.9. The average Bonchev–Trinajstić information content (AvgIpc) is 2.86. The zero-order valence-corrected chi connectivity index (χ0v) is 12.8. The van der Waals surface area contributed by atoms with Crippen LogP contribution in [0.2, 0.25) is 0 Å². The van der Waals surface area contributed by atoms with Crippen LogP contribution in [-0.4, -0.2) is 39.7 Å². The Morgan fingerprint density at radius 3 is 2.70 bits per heavy atom. The molecular weight excluding hydrogens is 270 g/mol. The number of aromatic nitrogens is 2. The fourth-order valence-electron chi connectivity index (χ4n) is 1.89. The second kappa shape index (κ2) is 6.61. The van der Waals surface area contributed by atoms with Gasteiger partial charge in [-0.2, -0.15) is 0 Å². The van der Waals surface area contributed by atoms with Crippen LogP contribution in [0.5, 0.6) is 0 Å². The molecule has 1 aromatic carbocycles. The summed E-state index contributed by atoms with van der Waals surface area (Å²) >= 11 is 1.49. The van der Waals surface area contributed by atoms with Crippen molar-refractivity contribution in [3.8, 4) is 0 Å². The van der Waals surface area contributed by atoms with Gasteiger partial charge in [0, 0.05) is 33.0 Å². The molecule has 0 aliphatic carbocycles. The maximum Gasteiger partial charge on any atom is 0.235 e. The van der Waals surface area contributed by atoms with E-state index in [1.165, 1.54) is 17.3 Å². The first-order chi connectivity index (χ1) is 9.58. The van der Waals surface area contributed by atoms with Crippen molar-refractivity contribution in [1.82, 2.24) is 14.5 Å². The molecule has 0 bridgehead atoms. The van der Waals surface area contributed by atoms with Crippen molar-refractivity contribution in [2.75, 3.05) is 14.1 Å². The Balaban J connectivity index is 2.07. The topological polar surface area (TPSA) is 38.1 Å². The molecule has 0 saturated carbocycles. The summed E-state index contributed by atoms with van der Waals surface area (Å²) in [5, 5.41) is 0.735. The second-order valence-electron chi connectivity index (χ2n) is 4.82. The molecule has 1 atom stereocenters. The number of nitrogens with zero attached hydrogens (tertiary/aromatic N) is 3. The normalized spacial score (nSPS) is 12.2. The minimum absolute atomic E-state index is 0.101. The van der Waals surface area contributed by atoms with Crippen molar-refractivity contribution >= 4 is 17.7 Å². The number of imidazole rings is 1. The van der Waals surface area contributed by atoms with Crippen LogP contribution in [0.1, 0.15) is 12.5 Å². The Kier molecular flexibility index (Phi) is 4.84. The highest BCUT2D eigenvalue weighted by Gasteiger charge is 2.18. The average molecular weight is 289 g/mol. The van der Waals surface area contributed by atoms with Gasteiger partial charge in [-0.25, -0.2) is 4.98 Å². The van der Waals surface area contributed by atoms with Crippen LogP contribution < -0.4 is 0 Å². The van der Waals surface area contributed by atoms with E-state index in [1.807, 2.05) is 31.3 Å². The Bertz CT molecular complexity index is 566. The lowest BCUT2D eigenvalue weighted by Gasteiger charge is -2.16. The van der Waals surface area contributed by atoms with Gasteiger partial charge >= 0.3 is 0 Å². The van der Waals surface area contributed by atoms with E-state index in [2.05, 4.69) is 21.7 Å². The molecular formula is C15H19N3OS. The lowest BCUT2D eigenvalue weighted by Crippen LogP contribution is -2.29. The molecule has 0 fully saturated rings. The molecule has 0 aliphatic heterocycles. The molecule has 0 spiro atoms. The lowest BCUT2D eigenvalue weighted by molar-refractivity contribution is -0.127. The molecule has 106 valence electrons. The standard InChI is InChI=1S/C15H19N3OS/c1-12(14(19)17(2)3)20-15-16-9-10-18(15)11-13-7-5-4-6-8-13/h4-10,12H,11H2,1-3H3/t12-/m0/s1. The minimum Gasteiger partial charge on any atom is -0.348 e. The van der Waals surface area contributed by atoms with Crippen LogP contribution in [0.4, 0.5) is 0 Å².